The number of alkyl carbamates (subject to hydrolysis) is 1. The lowest BCUT2D eigenvalue weighted by atomic mass is 9.84. The van der Waals surface area contributed by atoms with E-state index < -0.39 is 29.7 Å². The first-order chi connectivity index (χ1) is 22.4. The predicted molar refractivity (Wildman–Crippen MR) is 176 cm³/mol. The van der Waals surface area contributed by atoms with E-state index in [1.807, 2.05) is 86.1 Å². The topological polar surface area (TPSA) is 133 Å². The minimum atomic E-state index is -1.18. The second-order valence-corrected chi connectivity index (χ2v) is 12.0. The van der Waals surface area contributed by atoms with E-state index >= 15 is 0 Å². The van der Waals surface area contributed by atoms with Crippen LogP contribution in [0.25, 0.3) is 11.1 Å². The summed E-state index contributed by atoms with van der Waals surface area (Å²) in [5.41, 5.74) is 2.98. The summed E-state index contributed by atoms with van der Waals surface area (Å²) in [5.74, 6) is -2.24. The zero-order valence-electron chi connectivity index (χ0n) is 26.8. The maximum absolute atomic E-state index is 14.8. The van der Waals surface area contributed by atoms with Gasteiger partial charge in [0.15, 0.2) is 0 Å². The van der Waals surface area contributed by atoms with Crippen molar-refractivity contribution in [3.05, 3.63) is 120 Å². The van der Waals surface area contributed by atoms with Gasteiger partial charge in [0.2, 0.25) is 0 Å². The molecular formula is C36H43F2N3O6. The summed E-state index contributed by atoms with van der Waals surface area (Å²) in [6.45, 7) is 6.64. The number of carbonyl (C=O) groups excluding carboxylic acids is 1. The van der Waals surface area contributed by atoms with Gasteiger partial charge in [0, 0.05) is 29.6 Å². The summed E-state index contributed by atoms with van der Waals surface area (Å²) in [6, 6.07) is 22.6. The average molecular weight is 652 g/mol. The first-order valence-corrected chi connectivity index (χ1v) is 15.3. The first-order valence-electron chi connectivity index (χ1n) is 15.3. The maximum atomic E-state index is 14.8. The second-order valence-electron chi connectivity index (χ2n) is 12.0. The van der Waals surface area contributed by atoms with E-state index in [2.05, 4.69) is 10.6 Å². The molecule has 0 aliphatic heterocycles. The molecule has 11 heteroatoms. The van der Waals surface area contributed by atoms with Gasteiger partial charge in [-0.2, -0.15) is 0 Å². The third kappa shape index (κ3) is 11.6. The van der Waals surface area contributed by atoms with Gasteiger partial charge in [-0.25, -0.2) is 18.4 Å². The van der Waals surface area contributed by atoms with Crippen LogP contribution in [0.1, 0.15) is 50.1 Å². The number of nitrogens with one attached hydrogen (secondary N) is 2. The third-order valence-electron chi connectivity index (χ3n) is 7.21. The van der Waals surface area contributed by atoms with Gasteiger partial charge in [0.1, 0.15) is 24.3 Å². The fraction of sp³-hybridized carbons (Fsp3) is 0.333. The van der Waals surface area contributed by atoms with Crippen LogP contribution in [0.5, 0.6) is 0 Å². The normalized spacial score (nSPS) is 12.4. The van der Waals surface area contributed by atoms with Crippen molar-refractivity contribution in [2.75, 3.05) is 19.8 Å². The molecule has 1 heterocycles. The number of rotatable bonds is 13. The lowest BCUT2D eigenvalue weighted by Crippen LogP contribution is -2.44. The van der Waals surface area contributed by atoms with Gasteiger partial charge >= 0.3 is 12.1 Å². The molecule has 1 aromatic heterocycles. The minimum Gasteiger partial charge on any atom is -0.480 e. The molecule has 1 amide bonds. The number of aliphatic carboxylic acids is 1. The molecule has 0 saturated carbocycles. The largest absolute Gasteiger partial charge is 0.480 e. The van der Waals surface area contributed by atoms with Crippen molar-refractivity contribution in [1.29, 1.82) is 0 Å². The van der Waals surface area contributed by atoms with E-state index in [9.17, 15) is 23.5 Å². The van der Waals surface area contributed by atoms with Crippen LogP contribution in [0.2, 0.25) is 0 Å². The molecule has 252 valence electrons. The van der Waals surface area contributed by atoms with E-state index in [4.69, 9.17) is 14.9 Å². The van der Waals surface area contributed by atoms with Crippen LogP contribution in [0.3, 0.4) is 0 Å². The van der Waals surface area contributed by atoms with E-state index in [0.717, 1.165) is 29.0 Å². The Balaban J connectivity index is 0.00000142. The molecule has 4 rings (SSSR count). The number of aliphatic hydroxyl groups is 2. The summed E-state index contributed by atoms with van der Waals surface area (Å²) < 4.78 is 36.1. The van der Waals surface area contributed by atoms with Gasteiger partial charge in [0.25, 0.3) is 0 Å². The lowest BCUT2D eigenvalue weighted by Gasteiger charge is -2.33. The highest BCUT2D eigenvalue weighted by Crippen LogP contribution is 2.37. The fourth-order valence-electron chi connectivity index (χ4n) is 4.94. The summed E-state index contributed by atoms with van der Waals surface area (Å²) >= 11 is 0. The molecular weight excluding hydrogens is 608 g/mol. The highest BCUT2D eigenvalue weighted by molar-refractivity contribution is 5.79. The average Bonchev–Trinajstić information content (AvgIpc) is 3.45. The number of nitrogens with zero attached hydrogens (tertiary/aromatic N) is 1. The van der Waals surface area contributed by atoms with Gasteiger partial charge in [-0.1, -0.05) is 81.4 Å². The molecule has 4 aromatic rings. The molecule has 9 nitrogen and oxygen atoms in total. The van der Waals surface area contributed by atoms with Crippen molar-refractivity contribution in [2.24, 2.45) is 5.41 Å². The molecule has 47 heavy (non-hydrogen) atoms. The Morgan fingerprint density at radius 1 is 0.894 bits per heavy atom. The Bertz CT molecular complexity index is 1560. The predicted octanol–water partition coefficient (Wildman–Crippen LogP) is 5.90. The molecule has 2 atom stereocenters. The first kappa shape index (κ1) is 36.9. The van der Waals surface area contributed by atoms with E-state index in [0.29, 0.717) is 12.1 Å². The molecule has 5 N–H and O–H groups in total. The van der Waals surface area contributed by atoms with Crippen molar-refractivity contribution >= 4 is 12.1 Å². The number of carboxylic acid groups (broad SMARTS) is 1. The van der Waals surface area contributed by atoms with Crippen LogP contribution in [-0.2, 0) is 22.7 Å². The number of benzene rings is 3. The number of amides is 1. The summed E-state index contributed by atoms with van der Waals surface area (Å²) in [4.78, 5) is 24.3. The number of hydrogen-bond acceptors (Lipinski definition) is 6. The molecule has 3 aromatic carbocycles. The summed E-state index contributed by atoms with van der Waals surface area (Å²) in [5, 5.41) is 30.9. The molecule has 0 saturated heterocycles. The molecule has 0 aliphatic rings. The van der Waals surface area contributed by atoms with Crippen LogP contribution in [0.15, 0.2) is 91.1 Å². The molecule has 0 aliphatic carbocycles. The van der Waals surface area contributed by atoms with Gasteiger partial charge in [0.05, 0.1) is 19.3 Å². The fourth-order valence-corrected chi connectivity index (χ4v) is 4.94. The van der Waals surface area contributed by atoms with Gasteiger partial charge < -0.3 is 35.3 Å². The third-order valence-corrected chi connectivity index (χ3v) is 7.21. The molecule has 0 bridgehead atoms. The van der Waals surface area contributed by atoms with Crippen molar-refractivity contribution in [2.45, 2.75) is 52.4 Å². The Labute approximate surface area is 273 Å². The van der Waals surface area contributed by atoms with E-state index in [1.54, 1.807) is 12.1 Å². The van der Waals surface area contributed by atoms with Gasteiger partial charge in [-0.05, 0) is 53.8 Å². The Kier molecular flexibility index (Phi) is 14.1. The van der Waals surface area contributed by atoms with Crippen LogP contribution in [0, 0.1) is 17.0 Å². The van der Waals surface area contributed by atoms with Gasteiger partial charge in [-0.3, -0.25) is 0 Å². The number of aromatic nitrogens is 1. The Morgan fingerprint density at radius 2 is 1.51 bits per heavy atom. The highest BCUT2D eigenvalue weighted by atomic mass is 19.1. The zero-order valence-corrected chi connectivity index (χ0v) is 26.8. The van der Waals surface area contributed by atoms with E-state index in [-0.39, 0.29) is 49.8 Å². The Morgan fingerprint density at radius 3 is 2.09 bits per heavy atom. The number of carbonyl (C=O) groups is 2. The number of aliphatic hydroxyl groups excluding tert-OH is 2. The van der Waals surface area contributed by atoms with Crippen LogP contribution < -0.4 is 10.6 Å². The molecule has 0 unspecified atom stereocenters. The summed E-state index contributed by atoms with van der Waals surface area (Å²) in [7, 11) is 0. The molecule has 0 radical (unpaired) electrons. The van der Waals surface area contributed by atoms with Gasteiger partial charge in [-0.15, -0.1) is 0 Å². The minimum absolute atomic E-state index is 0.0238. The van der Waals surface area contributed by atoms with Crippen molar-refractivity contribution in [3.8, 4) is 11.1 Å². The zero-order chi connectivity index (χ0) is 34.4. The quantitative estimate of drug-likeness (QED) is 0.122. The van der Waals surface area contributed by atoms with Crippen LogP contribution in [0.4, 0.5) is 13.6 Å². The number of ether oxygens (including phenoxy) is 1. The lowest BCUT2D eigenvalue weighted by molar-refractivity contribution is -0.139. The monoisotopic (exact) mass is 651 g/mol. The van der Waals surface area contributed by atoms with Crippen molar-refractivity contribution in [3.63, 3.8) is 0 Å². The van der Waals surface area contributed by atoms with Crippen molar-refractivity contribution < 1.29 is 38.4 Å². The second kappa shape index (κ2) is 17.9. The molecule has 0 spiro atoms. The summed E-state index contributed by atoms with van der Waals surface area (Å²) in [6.07, 6.45) is 1.08. The van der Waals surface area contributed by atoms with Crippen molar-refractivity contribution in [1.82, 2.24) is 15.2 Å². The smallest absolute Gasteiger partial charge is 0.408 e. The highest BCUT2D eigenvalue weighted by Gasteiger charge is 2.30. The number of carboxylic acids is 1. The van der Waals surface area contributed by atoms with E-state index in [1.165, 1.54) is 6.07 Å². The SMILES string of the molecule is CC(C)(C)[C@@H](NCC[C@H](NC(=O)OCc1ccccc1)C(=O)O)c1cc(-c2cc(F)ccc2F)cn1Cc1ccccc1.OCCO. The Hall–Kier alpha value is -4.58. The van der Waals surface area contributed by atoms with Crippen LogP contribution in [-0.4, -0.2) is 57.7 Å². The number of hydrogen-bond donors (Lipinski definition) is 5. The number of halogens is 2. The standard InChI is InChI=1S/C34H37F2N3O4.C2H6O2/c1-34(2,3)31(37-17-16-29(32(40)41)38-33(42)43-22-24-12-8-5-9-13-24)30-18-25(27-19-26(35)14-15-28(27)36)21-39(30)20-23-10-6-4-7-11-23;3-1-2-4/h4-15,18-19,21,29,31,37H,16-17,20,22H2,1-3H3,(H,38,42)(H,40,41);3-4H,1-2H2/t29-,31-;/m0./s1. The maximum Gasteiger partial charge on any atom is 0.408 e. The molecule has 0 fully saturated rings. The van der Waals surface area contributed by atoms with Crippen LogP contribution >= 0.6 is 0 Å².